The zero-order valence-corrected chi connectivity index (χ0v) is 27.7. The van der Waals surface area contributed by atoms with Crippen LogP contribution in [-0.2, 0) is 13.1 Å². The maximum atomic E-state index is 4.57. The van der Waals surface area contributed by atoms with E-state index in [2.05, 4.69) is 92.4 Å². The van der Waals surface area contributed by atoms with Crippen LogP contribution in [0.2, 0.25) is 0 Å². The third-order valence-corrected chi connectivity index (χ3v) is 7.15. The fourth-order valence-corrected chi connectivity index (χ4v) is 4.75. The molecule has 4 nitrogen and oxygen atoms in total. The number of aryl methyl sites for hydroxylation is 2. The Labute approximate surface area is 273 Å². The van der Waals surface area contributed by atoms with Gasteiger partial charge in [0.2, 0.25) is 0 Å². The SMILES string of the molecule is C(=Nc1cc[n+](CCCCCCCCCCCC[n+]2ccc(N=Cc3ccccc3)cc2)cc1)c1ccccc1.[Br-].[Br-]. The Morgan fingerprint density at radius 1 is 0.405 bits per heavy atom. The lowest BCUT2D eigenvalue weighted by molar-refractivity contribution is -0.697. The highest BCUT2D eigenvalue weighted by Gasteiger charge is 2.02. The maximum absolute atomic E-state index is 4.57. The fourth-order valence-electron chi connectivity index (χ4n) is 4.75. The van der Waals surface area contributed by atoms with E-state index in [0.29, 0.717) is 0 Å². The highest BCUT2D eigenvalue weighted by molar-refractivity contribution is 5.82. The average molecular weight is 693 g/mol. The number of halogens is 2. The number of unbranched alkanes of at least 4 members (excludes halogenated alkanes) is 9. The van der Waals surface area contributed by atoms with Crippen LogP contribution in [0, 0.1) is 0 Å². The lowest BCUT2D eigenvalue weighted by Crippen LogP contribution is -3.00. The van der Waals surface area contributed by atoms with E-state index in [1.54, 1.807) is 0 Å². The minimum Gasteiger partial charge on any atom is -1.00 e. The second kappa shape index (κ2) is 21.7. The zero-order chi connectivity index (χ0) is 27.5. The van der Waals surface area contributed by atoms with Crippen molar-refractivity contribution in [3.8, 4) is 0 Å². The second-order valence-corrected chi connectivity index (χ2v) is 10.5. The number of nitrogens with zero attached hydrogens (tertiary/aromatic N) is 4. The number of hydrogen-bond donors (Lipinski definition) is 0. The van der Waals surface area contributed by atoms with Crippen molar-refractivity contribution in [1.29, 1.82) is 0 Å². The van der Waals surface area contributed by atoms with Crippen LogP contribution in [-0.4, -0.2) is 12.4 Å². The summed E-state index contributed by atoms with van der Waals surface area (Å²) in [5.41, 5.74) is 4.25. The number of benzene rings is 2. The van der Waals surface area contributed by atoms with Crippen molar-refractivity contribution in [2.75, 3.05) is 0 Å². The van der Waals surface area contributed by atoms with Gasteiger partial charge in [-0.25, -0.2) is 9.13 Å². The summed E-state index contributed by atoms with van der Waals surface area (Å²) in [7, 11) is 0. The number of hydrogen-bond acceptors (Lipinski definition) is 2. The van der Waals surface area contributed by atoms with E-state index < -0.39 is 0 Å². The molecule has 0 bridgehead atoms. The summed E-state index contributed by atoms with van der Waals surface area (Å²) in [5, 5.41) is 0. The molecular formula is C36H44Br2N4. The summed E-state index contributed by atoms with van der Waals surface area (Å²) in [6, 6.07) is 28.8. The van der Waals surface area contributed by atoms with Gasteiger partial charge in [-0.3, -0.25) is 9.98 Å². The lowest BCUT2D eigenvalue weighted by Gasteiger charge is -2.02. The van der Waals surface area contributed by atoms with Gasteiger partial charge in [0.15, 0.2) is 24.8 Å². The van der Waals surface area contributed by atoms with Crippen LogP contribution in [0.1, 0.15) is 75.3 Å². The Morgan fingerprint density at radius 3 is 1.05 bits per heavy atom. The molecule has 0 radical (unpaired) electrons. The van der Waals surface area contributed by atoms with Crippen LogP contribution in [0.25, 0.3) is 0 Å². The Balaban J connectivity index is 0.00000308. The number of rotatable bonds is 17. The molecule has 0 aliphatic carbocycles. The van der Waals surface area contributed by atoms with E-state index in [1.807, 2.05) is 48.8 Å². The van der Waals surface area contributed by atoms with E-state index in [0.717, 1.165) is 35.6 Å². The van der Waals surface area contributed by atoms with Gasteiger partial charge < -0.3 is 34.0 Å². The monoisotopic (exact) mass is 690 g/mol. The highest BCUT2D eigenvalue weighted by atomic mass is 79.9. The van der Waals surface area contributed by atoms with E-state index in [-0.39, 0.29) is 34.0 Å². The first kappa shape index (κ1) is 35.2. The molecule has 0 saturated carbocycles. The van der Waals surface area contributed by atoms with Crippen molar-refractivity contribution in [3.05, 3.63) is 121 Å². The van der Waals surface area contributed by atoms with Crippen LogP contribution < -0.4 is 43.1 Å². The second-order valence-electron chi connectivity index (χ2n) is 10.5. The molecule has 0 N–H and O–H groups in total. The van der Waals surface area contributed by atoms with Gasteiger partial charge in [-0.15, -0.1) is 0 Å². The zero-order valence-electron chi connectivity index (χ0n) is 24.6. The molecule has 4 rings (SSSR count). The van der Waals surface area contributed by atoms with Crippen LogP contribution in [0.4, 0.5) is 11.4 Å². The first-order valence-electron chi connectivity index (χ1n) is 15.0. The molecule has 42 heavy (non-hydrogen) atoms. The third-order valence-electron chi connectivity index (χ3n) is 7.15. The topological polar surface area (TPSA) is 32.5 Å². The van der Waals surface area contributed by atoms with E-state index in [4.69, 9.17) is 0 Å². The predicted molar refractivity (Wildman–Crippen MR) is 167 cm³/mol. The summed E-state index contributed by atoms with van der Waals surface area (Å²) in [4.78, 5) is 9.13. The maximum Gasteiger partial charge on any atom is 0.170 e. The largest absolute Gasteiger partial charge is 1.00 e. The Morgan fingerprint density at radius 2 is 0.714 bits per heavy atom. The molecular weight excluding hydrogens is 648 g/mol. The van der Waals surface area contributed by atoms with E-state index >= 15 is 0 Å². The summed E-state index contributed by atoms with van der Waals surface area (Å²) in [5.74, 6) is 0. The number of aromatic nitrogens is 2. The van der Waals surface area contributed by atoms with Gasteiger partial charge in [0.05, 0.1) is 11.4 Å². The molecule has 2 aromatic carbocycles. The quantitative estimate of drug-likeness (QED) is 0.0927. The van der Waals surface area contributed by atoms with Crippen molar-refractivity contribution >= 4 is 23.8 Å². The van der Waals surface area contributed by atoms with Crippen LogP contribution >= 0.6 is 0 Å². The van der Waals surface area contributed by atoms with Gasteiger partial charge in [0.25, 0.3) is 0 Å². The van der Waals surface area contributed by atoms with Crippen LogP contribution in [0.5, 0.6) is 0 Å². The van der Waals surface area contributed by atoms with Gasteiger partial charge in [0, 0.05) is 49.5 Å². The smallest absolute Gasteiger partial charge is 0.170 e. The Kier molecular flexibility index (Phi) is 18.2. The molecule has 0 atom stereocenters. The van der Waals surface area contributed by atoms with Crippen molar-refractivity contribution in [2.24, 2.45) is 9.98 Å². The van der Waals surface area contributed by atoms with Crippen molar-refractivity contribution < 1.29 is 43.1 Å². The standard InChI is InChI=1S/C36H44N4.2BrH/c1(3-5-7-15-25-39-27-21-35(22-28-39)37-31-33-17-11-9-12-18-33)2-4-6-8-16-26-40-29-23-36(24-30-40)38-32-34-19-13-10-14-20-34;;/h9-14,17-24,27-32H,1-8,15-16,25-26H2;2*1H/q+2;;/p-2. The molecule has 0 amide bonds. The first-order valence-corrected chi connectivity index (χ1v) is 15.0. The van der Waals surface area contributed by atoms with E-state index in [1.165, 1.54) is 64.2 Å². The fraction of sp³-hybridized carbons (Fsp3) is 0.333. The average Bonchev–Trinajstić information content (AvgIpc) is 3.02. The highest BCUT2D eigenvalue weighted by Crippen LogP contribution is 2.12. The van der Waals surface area contributed by atoms with Crippen molar-refractivity contribution in [3.63, 3.8) is 0 Å². The molecule has 0 spiro atoms. The number of aliphatic imine (C=N–C) groups is 2. The first-order chi connectivity index (χ1) is 19.8. The predicted octanol–water partition coefficient (Wildman–Crippen LogP) is 2.37. The van der Waals surface area contributed by atoms with Crippen molar-refractivity contribution in [1.82, 2.24) is 0 Å². The summed E-state index contributed by atoms with van der Waals surface area (Å²) in [6.07, 6.45) is 25.7. The van der Waals surface area contributed by atoms with Gasteiger partial charge in [-0.1, -0.05) is 99.2 Å². The number of pyridine rings is 2. The lowest BCUT2D eigenvalue weighted by atomic mass is 10.1. The molecule has 6 heteroatoms. The molecule has 2 heterocycles. The summed E-state index contributed by atoms with van der Waals surface area (Å²) >= 11 is 0. The third kappa shape index (κ3) is 14.3. The van der Waals surface area contributed by atoms with Gasteiger partial charge >= 0.3 is 0 Å². The van der Waals surface area contributed by atoms with Crippen LogP contribution in [0.15, 0.2) is 120 Å². The summed E-state index contributed by atoms with van der Waals surface area (Å²) in [6.45, 7) is 2.18. The van der Waals surface area contributed by atoms with E-state index in [9.17, 15) is 0 Å². The minimum atomic E-state index is 0. The molecule has 2 aromatic heterocycles. The van der Waals surface area contributed by atoms with Crippen LogP contribution in [0.3, 0.4) is 0 Å². The van der Waals surface area contributed by atoms with Gasteiger partial charge in [-0.05, 0) is 24.0 Å². The minimum absolute atomic E-state index is 0. The van der Waals surface area contributed by atoms with Gasteiger partial charge in [-0.2, -0.15) is 0 Å². The Bertz CT molecular complexity index is 1170. The molecule has 0 aliphatic heterocycles. The molecule has 4 aromatic rings. The molecule has 222 valence electrons. The Hall–Kier alpha value is -2.96. The van der Waals surface area contributed by atoms with Gasteiger partial charge in [0.1, 0.15) is 13.1 Å². The molecule has 0 unspecified atom stereocenters. The normalized spacial score (nSPS) is 11.0. The summed E-state index contributed by atoms with van der Waals surface area (Å²) < 4.78 is 4.54. The molecule has 0 saturated heterocycles. The molecule has 0 aliphatic rings. The van der Waals surface area contributed by atoms with Crippen molar-refractivity contribution in [2.45, 2.75) is 77.3 Å². The molecule has 0 fully saturated rings.